The van der Waals surface area contributed by atoms with E-state index in [0.29, 0.717) is 6.54 Å². The number of hydrogen-bond acceptors (Lipinski definition) is 2. The molecule has 0 saturated carbocycles. The molecule has 0 radical (unpaired) electrons. The molecule has 0 bridgehead atoms. The van der Waals surface area contributed by atoms with Crippen LogP contribution < -0.4 is 11.1 Å². The Balaban J connectivity index is 2.60. The van der Waals surface area contributed by atoms with Gasteiger partial charge < -0.3 is 11.1 Å². The quantitative estimate of drug-likeness (QED) is 0.778. The summed E-state index contributed by atoms with van der Waals surface area (Å²) in [6, 6.07) is 7.72. The number of anilines is 1. The van der Waals surface area contributed by atoms with Crippen molar-refractivity contribution in [2.24, 2.45) is 11.7 Å². The summed E-state index contributed by atoms with van der Waals surface area (Å²) in [7, 11) is 0. The molecule has 0 aliphatic heterocycles. The predicted molar refractivity (Wildman–Crippen MR) is 76.3 cm³/mol. The first-order chi connectivity index (χ1) is 8.71. The molecule has 1 aromatic carbocycles. The first-order valence-electron chi connectivity index (χ1n) is 6.81. The minimum atomic E-state index is 0.134. The minimum absolute atomic E-state index is 0.134. The monoisotopic (exact) mass is 248 g/mol. The minimum Gasteiger partial charge on any atom is -0.326 e. The van der Waals surface area contributed by atoms with Crippen LogP contribution in [0.5, 0.6) is 0 Å². The van der Waals surface area contributed by atoms with E-state index in [1.54, 1.807) is 0 Å². The molecule has 0 saturated heterocycles. The normalized spacial score (nSPS) is 10.7. The van der Waals surface area contributed by atoms with Gasteiger partial charge in [-0.3, -0.25) is 4.79 Å². The molecular weight excluding hydrogens is 224 g/mol. The molecule has 0 unspecified atom stereocenters. The molecule has 3 nitrogen and oxygen atoms in total. The van der Waals surface area contributed by atoms with Crippen LogP contribution in [0.4, 0.5) is 5.69 Å². The van der Waals surface area contributed by atoms with E-state index in [1.807, 2.05) is 24.3 Å². The summed E-state index contributed by atoms with van der Waals surface area (Å²) in [5, 5.41) is 2.98. The van der Waals surface area contributed by atoms with Gasteiger partial charge in [0.1, 0.15) is 0 Å². The van der Waals surface area contributed by atoms with Gasteiger partial charge >= 0.3 is 0 Å². The summed E-state index contributed by atoms with van der Waals surface area (Å²) in [5.41, 5.74) is 7.47. The van der Waals surface area contributed by atoms with E-state index >= 15 is 0 Å². The maximum absolute atomic E-state index is 12.1. The van der Waals surface area contributed by atoms with E-state index < -0.39 is 0 Å². The zero-order valence-corrected chi connectivity index (χ0v) is 11.4. The molecule has 100 valence electrons. The highest BCUT2D eigenvalue weighted by molar-refractivity contribution is 5.92. The fraction of sp³-hybridized carbons (Fsp3) is 0.533. The molecule has 0 heterocycles. The van der Waals surface area contributed by atoms with Crippen LogP contribution in [0.1, 0.15) is 45.1 Å². The number of benzene rings is 1. The van der Waals surface area contributed by atoms with Gasteiger partial charge in [-0.25, -0.2) is 0 Å². The maximum Gasteiger partial charge on any atom is 0.227 e. The number of carbonyl (C=O) groups excluding carboxylic acids is 1. The van der Waals surface area contributed by atoms with Crippen molar-refractivity contribution in [2.45, 2.75) is 46.1 Å². The van der Waals surface area contributed by atoms with Crippen molar-refractivity contribution < 1.29 is 4.79 Å². The van der Waals surface area contributed by atoms with E-state index in [2.05, 4.69) is 19.2 Å². The lowest BCUT2D eigenvalue weighted by Crippen LogP contribution is -2.22. The second-order valence-electron chi connectivity index (χ2n) is 4.66. The maximum atomic E-state index is 12.1. The van der Waals surface area contributed by atoms with Gasteiger partial charge in [0, 0.05) is 18.2 Å². The summed E-state index contributed by atoms with van der Waals surface area (Å²) in [6.45, 7) is 4.76. The number of carbonyl (C=O) groups is 1. The van der Waals surface area contributed by atoms with Crippen LogP contribution in [0.25, 0.3) is 0 Å². The van der Waals surface area contributed by atoms with Crippen LogP contribution in [0.3, 0.4) is 0 Å². The number of rotatable bonds is 7. The van der Waals surface area contributed by atoms with Crippen LogP contribution in [0.2, 0.25) is 0 Å². The van der Waals surface area contributed by atoms with Crippen molar-refractivity contribution >= 4 is 11.6 Å². The highest BCUT2D eigenvalue weighted by Crippen LogP contribution is 2.17. The topological polar surface area (TPSA) is 55.1 Å². The first-order valence-corrected chi connectivity index (χ1v) is 6.81. The molecule has 0 aliphatic rings. The third-order valence-electron chi connectivity index (χ3n) is 3.10. The van der Waals surface area contributed by atoms with E-state index in [9.17, 15) is 4.79 Å². The van der Waals surface area contributed by atoms with Crippen molar-refractivity contribution in [3.8, 4) is 0 Å². The third-order valence-corrected chi connectivity index (χ3v) is 3.10. The van der Waals surface area contributed by atoms with E-state index in [0.717, 1.165) is 36.9 Å². The fourth-order valence-electron chi connectivity index (χ4n) is 2.07. The molecule has 3 heteroatoms. The zero-order chi connectivity index (χ0) is 13.4. The van der Waals surface area contributed by atoms with E-state index in [-0.39, 0.29) is 11.8 Å². The highest BCUT2D eigenvalue weighted by Gasteiger charge is 2.16. The van der Waals surface area contributed by atoms with Crippen LogP contribution in [-0.4, -0.2) is 5.91 Å². The second kappa shape index (κ2) is 7.88. The molecule has 0 spiro atoms. The van der Waals surface area contributed by atoms with Crippen LogP contribution in [-0.2, 0) is 11.3 Å². The SMILES string of the molecule is CCCC(CCC)C(=O)Nc1ccc(CN)cc1. The number of hydrogen-bond donors (Lipinski definition) is 2. The average Bonchev–Trinajstić information content (AvgIpc) is 2.39. The summed E-state index contributed by atoms with van der Waals surface area (Å²) < 4.78 is 0. The molecule has 18 heavy (non-hydrogen) atoms. The molecule has 0 aromatic heterocycles. The smallest absolute Gasteiger partial charge is 0.227 e. The van der Waals surface area contributed by atoms with Crippen LogP contribution >= 0.6 is 0 Å². The summed E-state index contributed by atoms with van der Waals surface area (Å²) in [5.74, 6) is 0.272. The summed E-state index contributed by atoms with van der Waals surface area (Å²) in [6.07, 6.45) is 4.01. The summed E-state index contributed by atoms with van der Waals surface area (Å²) in [4.78, 5) is 12.1. The standard InChI is InChI=1S/C15H24N2O/c1-3-5-13(6-4-2)15(18)17-14-9-7-12(11-16)8-10-14/h7-10,13H,3-6,11,16H2,1-2H3,(H,17,18). The Kier molecular flexibility index (Phi) is 6.44. The van der Waals surface area contributed by atoms with Gasteiger partial charge in [0.15, 0.2) is 0 Å². The molecule has 1 aromatic rings. The van der Waals surface area contributed by atoms with Crippen molar-refractivity contribution in [3.63, 3.8) is 0 Å². The highest BCUT2D eigenvalue weighted by atomic mass is 16.1. The average molecular weight is 248 g/mol. The zero-order valence-electron chi connectivity index (χ0n) is 11.4. The largest absolute Gasteiger partial charge is 0.326 e. The number of nitrogens with two attached hydrogens (primary N) is 1. The fourth-order valence-corrected chi connectivity index (χ4v) is 2.07. The van der Waals surface area contributed by atoms with Crippen LogP contribution in [0, 0.1) is 5.92 Å². The van der Waals surface area contributed by atoms with Crippen molar-refractivity contribution in [2.75, 3.05) is 5.32 Å². The van der Waals surface area contributed by atoms with Gasteiger partial charge in [-0.1, -0.05) is 38.8 Å². The second-order valence-corrected chi connectivity index (χ2v) is 4.66. The molecule has 0 atom stereocenters. The van der Waals surface area contributed by atoms with Gasteiger partial charge in [0.25, 0.3) is 0 Å². The Morgan fingerprint density at radius 1 is 1.17 bits per heavy atom. The van der Waals surface area contributed by atoms with Crippen molar-refractivity contribution in [1.82, 2.24) is 0 Å². The van der Waals surface area contributed by atoms with Gasteiger partial charge in [0.2, 0.25) is 5.91 Å². The lowest BCUT2D eigenvalue weighted by Gasteiger charge is -2.15. The van der Waals surface area contributed by atoms with E-state index in [1.165, 1.54) is 0 Å². The van der Waals surface area contributed by atoms with E-state index in [4.69, 9.17) is 5.73 Å². The van der Waals surface area contributed by atoms with Gasteiger partial charge in [-0.15, -0.1) is 0 Å². The number of nitrogens with one attached hydrogen (secondary N) is 1. The van der Waals surface area contributed by atoms with Crippen molar-refractivity contribution in [3.05, 3.63) is 29.8 Å². The Bertz CT molecular complexity index is 353. The van der Waals surface area contributed by atoms with Crippen LogP contribution in [0.15, 0.2) is 24.3 Å². The van der Waals surface area contributed by atoms with Gasteiger partial charge in [-0.05, 0) is 30.5 Å². The molecule has 1 rings (SSSR count). The lowest BCUT2D eigenvalue weighted by atomic mass is 9.97. The Morgan fingerprint density at radius 3 is 2.17 bits per heavy atom. The van der Waals surface area contributed by atoms with Crippen molar-refractivity contribution in [1.29, 1.82) is 0 Å². The molecule has 0 fully saturated rings. The molecular formula is C15H24N2O. The summed E-state index contributed by atoms with van der Waals surface area (Å²) >= 11 is 0. The Hall–Kier alpha value is -1.35. The lowest BCUT2D eigenvalue weighted by molar-refractivity contribution is -0.120. The number of amides is 1. The first kappa shape index (κ1) is 14.7. The van der Waals surface area contributed by atoms with Gasteiger partial charge in [-0.2, -0.15) is 0 Å². The third kappa shape index (κ3) is 4.49. The Morgan fingerprint density at radius 2 is 1.72 bits per heavy atom. The predicted octanol–water partition coefficient (Wildman–Crippen LogP) is 3.30. The molecule has 1 amide bonds. The molecule has 3 N–H and O–H groups in total. The molecule has 0 aliphatic carbocycles. The van der Waals surface area contributed by atoms with Gasteiger partial charge in [0.05, 0.1) is 0 Å². The Labute approximate surface area is 110 Å².